The maximum atomic E-state index is 6.10. The number of hydrogen-bond acceptors (Lipinski definition) is 5. The van der Waals surface area contributed by atoms with E-state index in [1.54, 1.807) is 0 Å². The van der Waals surface area contributed by atoms with Gasteiger partial charge in [0.05, 0.1) is 13.2 Å². The number of hydrogen-bond donors (Lipinski definition) is 0. The van der Waals surface area contributed by atoms with E-state index in [2.05, 4.69) is 45.4 Å². The van der Waals surface area contributed by atoms with Crippen molar-refractivity contribution in [3.63, 3.8) is 0 Å². The number of thiophene rings is 1. The van der Waals surface area contributed by atoms with E-state index in [1.165, 1.54) is 30.9 Å². The summed E-state index contributed by atoms with van der Waals surface area (Å²) in [6.07, 6.45) is 5.00. The second kappa shape index (κ2) is 7.54. The van der Waals surface area contributed by atoms with Gasteiger partial charge in [-0.2, -0.15) is 0 Å². The van der Waals surface area contributed by atoms with Crippen LogP contribution in [0.25, 0.3) is 0 Å². The molecular weight excluding hydrogens is 330 g/mol. The Morgan fingerprint density at radius 1 is 1.32 bits per heavy atom. The average Bonchev–Trinajstić information content (AvgIpc) is 3.32. The van der Waals surface area contributed by atoms with Crippen molar-refractivity contribution in [2.75, 3.05) is 39.8 Å². The van der Waals surface area contributed by atoms with Crippen molar-refractivity contribution in [2.45, 2.75) is 19.6 Å². The molecule has 1 spiro atoms. The van der Waals surface area contributed by atoms with Crippen molar-refractivity contribution < 1.29 is 4.74 Å². The Balaban J connectivity index is 1.34. The molecule has 4 heterocycles. The first-order valence-electron chi connectivity index (χ1n) is 9.13. The normalized spacial score (nSPS) is 27.5. The van der Waals surface area contributed by atoms with E-state index in [1.807, 2.05) is 29.8 Å². The molecule has 2 aromatic heterocycles. The Morgan fingerprint density at radius 2 is 2.28 bits per heavy atom. The zero-order chi connectivity index (χ0) is 17.1. The molecule has 0 unspecified atom stereocenters. The Bertz CT molecular complexity index is 663. The summed E-state index contributed by atoms with van der Waals surface area (Å²) in [5.74, 6) is 0.627. The van der Waals surface area contributed by atoms with Gasteiger partial charge in [-0.3, -0.25) is 9.88 Å². The van der Waals surface area contributed by atoms with E-state index >= 15 is 0 Å². The van der Waals surface area contributed by atoms with E-state index < -0.39 is 0 Å². The summed E-state index contributed by atoms with van der Waals surface area (Å²) in [6, 6.07) is 8.47. The van der Waals surface area contributed by atoms with Crippen molar-refractivity contribution in [1.29, 1.82) is 0 Å². The van der Waals surface area contributed by atoms with Gasteiger partial charge in [-0.1, -0.05) is 12.1 Å². The van der Waals surface area contributed by atoms with Gasteiger partial charge in [0.1, 0.15) is 0 Å². The van der Waals surface area contributed by atoms with E-state index in [9.17, 15) is 0 Å². The van der Waals surface area contributed by atoms with Crippen LogP contribution in [0.5, 0.6) is 0 Å². The van der Waals surface area contributed by atoms with Crippen LogP contribution in [0.15, 0.2) is 42.0 Å². The fourth-order valence-electron chi connectivity index (χ4n) is 4.54. The summed E-state index contributed by atoms with van der Waals surface area (Å²) in [5, 5.41) is 2.18. The fourth-order valence-corrected chi connectivity index (χ4v) is 5.28. The summed E-state index contributed by atoms with van der Waals surface area (Å²) in [5.41, 5.74) is 1.56. The molecule has 134 valence electrons. The van der Waals surface area contributed by atoms with Crippen LogP contribution >= 0.6 is 11.3 Å². The Morgan fingerprint density at radius 3 is 3.08 bits per heavy atom. The van der Waals surface area contributed by atoms with Crippen molar-refractivity contribution in [1.82, 2.24) is 14.8 Å². The second-order valence-corrected chi connectivity index (χ2v) is 8.70. The van der Waals surface area contributed by atoms with E-state index in [0.717, 1.165) is 25.3 Å². The number of likely N-dealkylation sites (tertiary alicyclic amines) is 2. The summed E-state index contributed by atoms with van der Waals surface area (Å²) < 4.78 is 6.10. The molecule has 2 saturated heterocycles. The lowest BCUT2D eigenvalue weighted by Crippen LogP contribution is -2.36. The zero-order valence-corrected chi connectivity index (χ0v) is 15.8. The Kier molecular flexibility index (Phi) is 5.17. The molecule has 0 saturated carbocycles. The molecule has 4 rings (SSSR count). The molecule has 0 aliphatic carbocycles. The lowest BCUT2D eigenvalue weighted by molar-refractivity contribution is 0.0515. The van der Waals surface area contributed by atoms with Gasteiger partial charge < -0.3 is 9.64 Å². The van der Waals surface area contributed by atoms with Crippen LogP contribution in [0.2, 0.25) is 0 Å². The van der Waals surface area contributed by atoms with Crippen molar-refractivity contribution in [3.05, 3.63) is 52.5 Å². The minimum Gasteiger partial charge on any atom is -0.376 e. The molecule has 2 aliphatic heterocycles. The number of pyridine rings is 1. The van der Waals surface area contributed by atoms with Gasteiger partial charge >= 0.3 is 0 Å². The van der Waals surface area contributed by atoms with Crippen molar-refractivity contribution in [2.24, 2.45) is 11.3 Å². The number of nitrogens with zero attached hydrogens (tertiary/aromatic N) is 3. The standard InChI is InChI=1S/C20H27N3OS/c1-22-11-18(14-24-13-17-4-2-7-21-10-17)20(15-22)6-8-23(16-20)12-19-5-3-9-25-19/h2-5,7,9-10,18H,6,8,11-16H2,1H3/t18-,20+/m1/s1. The maximum absolute atomic E-state index is 6.10. The minimum atomic E-state index is 0.404. The predicted molar refractivity (Wildman–Crippen MR) is 102 cm³/mol. The van der Waals surface area contributed by atoms with Crippen LogP contribution in [0, 0.1) is 11.3 Å². The van der Waals surface area contributed by atoms with E-state index in [4.69, 9.17) is 4.74 Å². The number of ether oxygens (including phenoxy) is 1. The number of rotatable bonds is 6. The summed E-state index contributed by atoms with van der Waals surface area (Å²) >= 11 is 1.87. The van der Waals surface area contributed by atoms with Gasteiger partial charge in [0.15, 0.2) is 0 Å². The Labute approximate surface area is 154 Å². The maximum Gasteiger partial charge on any atom is 0.0731 e. The van der Waals surface area contributed by atoms with Gasteiger partial charge in [0, 0.05) is 54.8 Å². The Hall–Kier alpha value is -1.27. The third-order valence-electron chi connectivity index (χ3n) is 5.72. The van der Waals surface area contributed by atoms with Crippen LogP contribution in [-0.4, -0.2) is 54.6 Å². The predicted octanol–water partition coefficient (Wildman–Crippen LogP) is 3.11. The molecule has 2 aliphatic rings. The molecule has 0 radical (unpaired) electrons. The smallest absolute Gasteiger partial charge is 0.0731 e. The molecule has 5 heteroatoms. The molecule has 0 N–H and O–H groups in total. The van der Waals surface area contributed by atoms with E-state index in [-0.39, 0.29) is 0 Å². The molecular formula is C20H27N3OS. The first kappa shape index (κ1) is 17.2. The second-order valence-electron chi connectivity index (χ2n) is 7.67. The highest BCUT2D eigenvalue weighted by atomic mass is 32.1. The highest BCUT2D eigenvalue weighted by Gasteiger charge is 2.49. The first-order valence-corrected chi connectivity index (χ1v) is 10.0. The van der Waals surface area contributed by atoms with Gasteiger partial charge in [0.2, 0.25) is 0 Å². The van der Waals surface area contributed by atoms with Crippen LogP contribution in [0.1, 0.15) is 16.9 Å². The molecule has 2 fully saturated rings. The molecule has 0 aromatic carbocycles. The summed E-state index contributed by atoms with van der Waals surface area (Å²) in [7, 11) is 2.25. The fraction of sp³-hybridized carbons (Fsp3) is 0.550. The van der Waals surface area contributed by atoms with Gasteiger partial charge in [0.25, 0.3) is 0 Å². The van der Waals surface area contributed by atoms with E-state index in [0.29, 0.717) is 17.9 Å². The minimum absolute atomic E-state index is 0.404. The number of aromatic nitrogens is 1. The van der Waals surface area contributed by atoms with Gasteiger partial charge in [-0.15, -0.1) is 11.3 Å². The lowest BCUT2D eigenvalue weighted by atomic mass is 9.77. The van der Waals surface area contributed by atoms with Crippen LogP contribution < -0.4 is 0 Å². The lowest BCUT2D eigenvalue weighted by Gasteiger charge is -2.30. The van der Waals surface area contributed by atoms with Crippen LogP contribution in [-0.2, 0) is 17.9 Å². The quantitative estimate of drug-likeness (QED) is 0.794. The monoisotopic (exact) mass is 357 g/mol. The average molecular weight is 358 g/mol. The first-order chi connectivity index (χ1) is 12.2. The molecule has 2 atom stereocenters. The highest BCUT2D eigenvalue weighted by Crippen LogP contribution is 2.44. The highest BCUT2D eigenvalue weighted by molar-refractivity contribution is 7.09. The van der Waals surface area contributed by atoms with Crippen molar-refractivity contribution >= 4 is 11.3 Å². The topological polar surface area (TPSA) is 28.6 Å². The summed E-state index contributed by atoms with van der Waals surface area (Å²) in [4.78, 5) is 10.8. The van der Waals surface area contributed by atoms with Gasteiger partial charge in [-0.05, 0) is 43.1 Å². The van der Waals surface area contributed by atoms with Crippen LogP contribution in [0.4, 0.5) is 0 Å². The molecule has 25 heavy (non-hydrogen) atoms. The SMILES string of the molecule is CN1C[C@H](COCc2cccnc2)[C@@]2(CCN(Cc3cccs3)C2)C1. The van der Waals surface area contributed by atoms with Crippen molar-refractivity contribution in [3.8, 4) is 0 Å². The summed E-state index contributed by atoms with van der Waals surface area (Å²) in [6.45, 7) is 7.40. The third kappa shape index (κ3) is 3.95. The zero-order valence-electron chi connectivity index (χ0n) is 14.9. The molecule has 0 bridgehead atoms. The van der Waals surface area contributed by atoms with Crippen LogP contribution in [0.3, 0.4) is 0 Å². The third-order valence-corrected chi connectivity index (χ3v) is 6.58. The molecule has 0 amide bonds. The molecule has 4 nitrogen and oxygen atoms in total. The van der Waals surface area contributed by atoms with Gasteiger partial charge in [-0.25, -0.2) is 0 Å². The molecule has 2 aromatic rings. The largest absolute Gasteiger partial charge is 0.376 e.